The Hall–Kier alpha value is -5.55. The minimum Gasteiger partial charge on any atom is -0.496 e. The third-order valence-corrected chi connectivity index (χ3v) is 12.3. The summed E-state index contributed by atoms with van der Waals surface area (Å²) in [5.41, 5.74) is 0.646. The zero-order valence-electron chi connectivity index (χ0n) is 33.0. The minimum absolute atomic E-state index is 0.00753. The van der Waals surface area contributed by atoms with Gasteiger partial charge >= 0.3 is 30.9 Å². The SMILES string of the molecule is CCN1CCN(C(=O)NC(C(=O)N[C@@H](Cc2cccc(C(=O)O)c2OC)B2O[C@H]3[C@H](C)[C@H]4C[C@@H]([C@H]3O2)C4(C)C)c2ncc(OCc3ccccc3)cc2F)C(=O)C1=O. The average Bonchev–Trinajstić information content (AvgIpc) is 3.66. The van der Waals surface area contributed by atoms with Gasteiger partial charge < -0.3 is 39.4 Å². The van der Waals surface area contributed by atoms with Crippen molar-refractivity contribution >= 4 is 36.8 Å². The molecule has 1 aromatic heterocycles. The molecule has 58 heavy (non-hydrogen) atoms. The Morgan fingerprint density at radius 1 is 1.03 bits per heavy atom. The Morgan fingerprint density at radius 3 is 2.45 bits per heavy atom. The number of pyridine rings is 1. The minimum atomic E-state index is -1.84. The first-order valence-electron chi connectivity index (χ1n) is 19.5. The number of hydrogen-bond donors (Lipinski definition) is 3. The standard InChI is InChI=1S/C41H47BFN5O10/c1-6-47-15-16-48(38(51)37(47)50)40(54)46-32(31-29(43)18-25(20-44-31)56-21-23-11-8-7-9-12-23)36(49)45-30(17-24-13-10-14-26(39(52)53)34(24)55-5)42-57-33-22(2)27-19-28(35(33)58-42)41(27,3)4/h7-14,18,20,22,27-28,30,32-33,35H,6,15-17,19,21H2,1-5H3,(H,45,49)(H,46,54)(H,52,53)/t22-,27-,28+,30+,32?,33+,35-/m1/s1. The number of methoxy groups -OCH3 is 1. The Balaban J connectivity index is 1.21. The summed E-state index contributed by atoms with van der Waals surface area (Å²) in [5, 5.41) is 15.3. The first-order chi connectivity index (χ1) is 27.7. The summed E-state index contributed by atoms with van der Waals surface area (Å²) in [6.07, 6.45) is 1.56. The number of benzene rings is 2. The number of rotatable bonds is 13. The smallest absolute Gasteiger partial charge is 0.481 e. The number of carbonyl (C=O) groups excluding carboxylic acids is 4. The normalized spacial score (nSPS) is 24.3. The molecule has 2 bridgehead atoms. The second-order valence-corrected chi connectivity index (χ2v) is 15.9. The molecule has 0 radical (unpaired) electrons. The predicted molar refractivity (Wildman–Crippen MR) is 206 cm³/mol. The fraction of sp³-hybridized carbons (Fsp3) is 0.463. The molecule has 17 heteroatoms. The van der Waals surface area contributed by atoms with Crippen molar-refractivity contribution in [3.8, 4) is 11.5 Å². The largest absolute Gasteiger partial charge is 0.496 e. The van der Waals surface area contributed by atoms with Crippen molar-refractivity contribution in [3.05, 3.63) is 89.0 Å². The quantitative estimate of drug-likeness (QED) is 0.169. The molecule has 2 saturated heterocycles. The maximum Gasteiger partial charge on any atom is 0.481 e. The van der Waals surface area contributed by atoms with Crippen molar-refractivity contribution in [1.29, 1.82) is 0 Å². The van der Waals surface area contributed by atoms with Gasteiger partial charge in [-0.15, -0.1) is 0 Å². The molecule has 2 aliphatic heterocycles. The lowest BCUT2D eigenvalue weighted by molar-refractivity contribution is -0.182. The number of aromatic carboxylic acids is 1. The van der Waals surface area contributed by atoms with Gasteiger partial charge in [-0.25, -0.2) is 14.0 Å². The first kappa shape index (κ1) is 40.6. The number of para-hydroxylation sites is 1. The zero-order valence-corrected chi connectivity index (χ0v) is 33.0. The number of likely N-dealkylation sites (N-methyl/N-ethyl adjacent to an activating group) is 1. The van der Waals surface area contributed by atoms with Crippen molar-refractivity contribution in [3.63, 3.8) is 0 Å². The second kappa shape index (κ2) is 16.4. The molecule has 1 unspecified atom stereocenters. The van der Waals surface area contributed by atoms with Crippen LogP contribution in [0.2, 0.25) is 0 Å². The molecule has 8 rings (SSSR count). The zero-order chi connectivity index (χ0) is 41.5. The number of carbonyl (C=O) groups is 5. The molecule has 15 nitrogen and oxygen atoms in total. The van der Waals surface area contributed by atoms with Crippen molar-refractivity contribution in [2.75, 3.05) is 26.7 Å². The van der Waals surface area contributed by atoms with Gasteiger partial charge in [0.2, 0.25) is 5.91 Å². The van der Waals surface area contributed by atoms with Crippen LogP contribution in [0, 0.1) is 29.0 Å². The number of amides is 5. The highest BCUT2D eigenvalue weighted by Gasteiger charge is 2.65. The summed E-state index contributed by atoms with van der Waals surface area (Å²) in [6.45, 7) is 8.52. The van der Waals surface area contributed by atoms with Crippen LogP contribution in [-0.4, -0.2) is 102 Å². The predicted octanol–water partition coefficient (Wildman–Crippen LogP) is 3.80. The number of nitrogens with zero attached hydrogens (tertiary/aromatic N) is 3. The average molecular weight is 800 g/mol. The lowest BCUT2D eigenvalue weighted by atomic mass is 9.44. The number of carboxylic acid groups (broad SMARTS) is 1. The van der Waals surface area contributed by atoms with E-state index in [1.807, 2.05) is 30.3 Å². The van der Waals surface area contributed by atoms with E-state index >= 15 is 4.39 Å². The Kier molecular flexibility index (Phi) is 11.5. The number of imide groups is 1. The fourth-order valence-electron chi connectivity index (χ4n) is 9.07. The second-order valence-electron chi connectivity index (χ2n) is 15.9. The number of hydrogen-bond acceptors (Lipinski definition) is 10. The van der Waals surface area contributed by atoms with Gasteiger partial charge in [0.1, 0.15) is 29.4 Å². The highest BCUT2D eigenvalue weighted by Crippen LogP contribution is 2.63. The van der Waals surface area contributed by atoms with Crippen LogP contribution in [0.5, 0.6) is 11.5 Å². The van der Waals surface area contributed by atoms with E-state index in [2.05, 4.69) is 36.4 Å². The van der Waals surface area contributed by atoms with Gasteiger partial charge in [-0.1, -0.05) is 63.2 Å². The van der Waals surface area contributed by atoms with Crippen LogP contribution in [0.25, 0.3) is 0 Å². The number of ether oxygens (including phenoxy) is 2. The van der Waals surface area contributed by atoms with E-state index in [1.165, 1.54) is 24.3 Å². The molecule has 5 fully saturated rings. The monoisotopic (exact) mass is 799 g/mol. The van der Waals surface area contributed by atoms with Gasteiger partial charge in [0, 0.05) is 25.7 Å². The fourth-order valence-corrected chi connectivity index (χ4v) is 9.07. The van der Waals surface area contributed by atoms with Gasteiger partial charge in [0.15, 0.2) is 11.9 Å². The molecule has 5 aliphatic rings. The van der Waals surface area contributed by atoms with Gasteiger partial charge in [-0.05, 0) is 60.1 Å². The molecule has 2 aromatic carbocycles. The van der Waals surface area contributed by atoms with Crippen molar-refractivity contribution in [2.45, 2.75) is 71.3 Å². The van der Waals surface area contributed by atoms with E-state index in [9.17, 15) is 29.1 Å². The summed E-state index contributed by atoms with van der Waals surface area (Å²) >= 11 is 0. The van der Waals surface area contributed by atoms with E-state index in [1.54, 1.807) is 19.1 Å². The van der Waals surface area contributed by atoms with Gasteiger partial charge in [-0.2, -0.15) is 0 Å². The van der Waals surface area contributed by atoms with Crippen LogP contribution in [0.15, 0.2) is 60.8 Å². The molecule has 0 spiro atoms. The molecule has 5 amide bonds. The third-order valence-electron chi connectivity index (χ3n) is 12.3. The molecular weight excluding hydrogens is 752 g/mol. The summed E-state index contributed by atoms with van der Waals surface area (Å²) < 4.78 is 40.7. The lowest BCUT2D eigenvalue weighted by Crippen LogP contribution is -2.63. The molecule has 3 aromatic rings. The Labute approximate surface area is 335 Å². The summed E-state index contributed by atoms with van der Waals surface area (Å²) in [7, 11) is 0.297. The van der Waals surface area contributed by atoms with E-state index < -0.39 is 60.3 Å². The van der Waals surface area contributed by atoms with Crippen molar-refractivity contribution in [2.24, 2.45) is 23.2 Å². The van der Waals surface area contributed by atoms with Crippen LogP contribution < -0.4 is 20.1 Å². The van der Waals surface area contributed by atoms with E-state index in [0.717, 1.165) is 18.1 Å². The van der Waals surface area contributed by atoms with Crippen molar-refractivity contribution < 1.29 is 52.3 Å². The number of aromatic nitrogens is 1. The van der Waals surface area contributed by atoms with E-state index in [4.69, 9.17) is 18.8 Å². The molecule has 306 valence electrons. The molecule has 3 saturated carbocycles. The summed E-state index contributed by atoms with van der Waals surface area (Å²) in [4.78, 5) is 72.4. The third kappa shape index (κ3) is 7.60. The lowest BCUT2D eigenvalue weighted by Gasteiger charge is -2.63. The summed E-state index contributed by atoms with van der Waals surface area (Å²) in [5.74, 6) is -5.31. The van der Waals surface area contributed by atoms with Crippen LogP contribution in [0.3, 0.4) is 0 Å². The molecule has 3 heterocycles. The van der Waals surface area contributed by atoms with Gasteiger partial charge in [0.05, 0.1) is 31.5 Å². The number of halogens is 1. The van der Waals surface area contributed by atoms with Crippen LogP contribution in [0.4, 0.5) is 9.18 Å². The van der Waals surface area contributed by atoms with E-state index in [-0.39, 0.29) is 79.2 Å². The Bertz CT molecular complexity index is 2090. The molecule has 3 aliphatic carbocycles. The number of piperazine rings is 1. The maximum atomic E-state index is 16.1. The number of carboxylic acids is 1. The summed E-state index contributed by atoms with van der Waals surface area (Å²) in [6, 6.07) is 11.9. The van der Waals surface area contributed by atoms with Gasteiger partial charge in [-0.3, -0.25) is 24.3 Å². The Morgan fingerprint density at radius 2 is 1.78 bits per heavy atom. The molecular formula is C41H47BFN5O10. The van der Waals surface area contributed by atoms with Crippen molar-refractivity contribution in [1.82, 2.24) is 25.4 Å². The van der Waals surface area contributed by atoms with E-state index in [0.29, 0.717) is 16.4 Å². The van der Waals surface area contributed by atoms with Crippen LogP contribution in [-0.2, 0) is 36.7 Å². The van der Waals surface area contributed by atoms with Gasteiger partial charge in [0.25, 0.3) is 0 Å². The number of urea groups is 1. The highest BCUT2D eigenvalue weighted by molar-refractivity contribution is 6.47. The highest BCUT2D eigenvalue weighted by atomic mass is 19.1. The van der Waals surface area contributed by atoms with Crippen LogP contribution >= 0.6 is 0 Å². The first-order valence-corrected chi connectivity index (χ1v) is 19.5. The number of nitrogens with one attached hydrogen (secondary N) is 2. The topological polar surface area (TPSA) is 186 Å². The maximum absolute atomic E-state index is 16.1. The molecule has 3 N–H and O–H groups in total. The van der Waals surface area contributed by atoms with Crippen LogP contribution in [0.1, 0.15) is 67.3 Å². The molecule has 7 atom stereocenters.